The van der Waals surface area contributed by atoms with Gasteiger partial charge in [-0.25, -0.2) is 0 Å². The van der Waals surface area contributed by atoms with Crippen LogP contribution >= 0.6 is 0 Å². The van der Waals surface area contributed by atoms with E-state index in [9.17, 15) is 24.9 Å². The molecule has 1 aliphatic carbocycles. The standard InChI is InChI=1S/C22H34O8/c1-13(10-28-16(4)25)18-8-19(26)17(11-29-21(27)14(2)15(3)24)6-5-7-22(12-23)20(9-18)30-22/h6,14-15,18-20,23-24,26H,1,5,7-12H2,2-4H3/b17-6-. The average Bonchev–Trinajstić information content (AvgIpc) is 3.39. The van der Waals surface area contributed by atoms with Crippen molar-refractivity contribution in [1.29, 1.82) is 0 Å². The first-order chi connectivity index (χ1) is 14.1. The second kappa shape index (κ2) is 10.5. The number of hydrogen-bond acceptors (Lipinski definition) is 8. The van der Waals surface area contributed by atoms with Gasteiger partial charge in [0.2, 0.25) is 0 Å². The van der Waals surface area contributed by atoms with Crippen LogP contribution < -0.4 is 0 Å². The van der Waals surface area contributed by atoms with Gasteiger partial charge in [0, 0.05) is 6.92 Å². The molecule has 30 heavy (non-hydrogen) atoms. The van der Waals surface area contributed by atoms with Gasteiger partial charge in [0.1, 0.15) is 18.8 Å². The fourth-order valence-corrected chi connectivity index (χ4v) is 3.65. The highest BCUT2D eigenvalue weighted by Crippen LogP contribution is 2.46. The van der Waals surface area contributed by atoms with E-state index in [4.69, 9.17) is 14.2 Å². The van der Waals surface area contributed by atoms with E-state index < -0.39 is 35.7 Å². The van der Waals surface area contributed by atoms with Crippen LogP contribution in [0.4, 0.5) is 0 Å². The van der Waals surface area contributed by atoms with E-state index in [1.54, 1.807) is 6.92 Å². The van der Waals surface area contributed by atoms with E-state index in [2.05, 4.69) is 6.58 Å². The third-order valence-corrected chi connectivity index (χ3v) is 6.10. The minimum Gasteiger partial charge on any atom is -0.461 e. The van der Waals surface area contributed by atoms with Crippen LogP contribution in [0.5, 0.6) is 0 Å². The number of fused-ring (bicyclic) bond motifs is 1. The Morgan fingerprint density at radius 1 is 1.33 bits per heavy atom. The zero-order valence-corrected chi connectivity index (χ0v) is 18.0. The molecule has 0 aromatic rings. The smallest absolute Gasteiger partial charge is 0.311 e. The van der Waals surface area contributed by atoms with Crippen LogP contribution in [0.25, 0.3) is 0 Å². The fourth-order valence-electron chi connectivity index (χ4n) is 3.65. The molecule has 0 saturated carbocycles. The number of epoxide rings is 1. The second-order valence-electron chi connectivity index (χ2n) is 8.41. The van der Waals surface area contributed by atoms with Gasteiger partial charge in [-0.15, -0.1) is 0 Å². The van der Waals surface area contributed by atoms with E-state index >= 15 is 0 Å². The first-order valence-electron chi connectivity index (χ1n) is 10.4. The lowest BCUT2D eigenvalue weighted by atomic mass is 9.83. The molecular weight excluding hydrogens is 392 g/mol. The molecule has 8 heteroatoms. The number of allylic oxidation sites excluding steroid dienone is 1. The van der Waals surface area contributed by atoms with Crippen molar-refractivity contribution in [1.82, 2.24) is 0 Å². The molecule has 6 unspecified atom stereocenters. The summed E-state index contributed by atoms with van der Waals surface area (Å²) in [6.45, 7) is 8.29. The third kappa shape index (κ3) is 6.38. The van der Waals surface area contributed by atoms with Crippen molar-refractivity contribution in [3.63, 3.8) is 0 Å². The van der Waals surface area contributed by atoms with E-state index in [1.807, 2.05) is 6.08 Å². The van der Waals surface area contributed by atoms with E-state index in [0.29, 0.717) is 36.8 Å². The van der Waals surface area contributed by atoms with Crippen molar-refractivity contribution >= 4 is 11.9 Å². The molecular formula is C22H34O8. The molecule has 0 aromatic heterocycles. The SMILES string of the molecule is C=C(COC(C)=O)C1CC(O)/C(COC(=O)C(C)C(C)O)=C\CCC2(CO)OC2C1. The number of aliphatic hydroxyl groups is 3. The van der Waals surface area contributed by atoms with E-state index in [0.717, 1.165) is 0 Å². The molecule has 2 rings (SSSR count). The molecule has 170 valence electrons. The lowest BCUT2D eigenvalue weighted by Gasteiger charge is -2.25. The van der Waals surface area contributed by atoms with Gasteiger partial charge in [-0.2, -0.15) is 0 Å². The summed E-state index contributed by atoms with van der Waals surface area (Å²) in [5, 5.41) is 30.2. The molecule has 0 spiro atoms. The topological polar surface area (TPSA) is 126 Å². The molecule has 1 aliphatic heterocycles. The zero-order chi connectivity index (χ0) is 22.5. The predicted octanol–water partition coefficient (Wildman–Crippen LogP) is 1.27. The maximum absolute atomic E-state index is 12.1. The number of hydrogen-bond donors (Lipinski definition) is 3. The van der Waals surface area contributed by atoms with Crippen LogP contribution in [0.15, 0.2) is 23.8 Å². The van der Waals surface area contributed by atoms with E-state index in [1.165, 1.54) is 13.8 Å². The van der Waals surface area contributed by atoms with E-state index in [-0.39, 0.29) is 31.8 Å². The van der Waals surface area contributed by atoms with Gasteiger partial charge < -0.3 is 29.5 Å². The maximum atomic E-state index is 12.1. The highest BCUT2D eigenvalue weighted by atomic mass is 16.6. The van der Waals surface area contributed by atoms with Crippen LogP contribution in [0.1, 0.15) is 46.5 Å². The molecule has 1 fully saturated rings. The molecule has 0 radical (unpaired) electrons. The first kappa shape index (κ1) is 24.5. The van der Waals surface area contributed by atoms with Gasteiger partial charge in [-0.1, -0.05) is 12.7 Å². The van der Waals surface area contributed by atoms with Crippen molar-refractivity contribution in [3.05, 3.63) is 23.8 Å². The number of esters is 2. The summed E-state index contributed by atoms with van der Waals surface area (Å²) in [4.78, 5) is 23.2. The maximum Gasteiger partial charge on any atom is 0.311 e. The lowest BCUT2D eigenvalue weighted by Crippen LogP contribution is -2.29. The molecule has 2 aliphatic rings. The number of carbonyl (C=O) groups is 2. The quantitative estimate of drug-likeness (QED) is 0.301. The van der Waals surface area contributed by atoms with Crippen LogP contribution in [0.3, 0.4) is 0 Å². The number of aliphatic hydroxyl groups excluding tert-OH is 3. The minimum absolute atomic E-state index is 0.0471. The third-order valence-electron chi connectivity index (χ3n) is 6.10. The Balaban J connectivity index is 2.12. The number of ether oxygens (including phenoxy) is 3. The number of rotatable bonds is 8. The Hall–Kier alpha value is -1.74. The average molecular weight is 427 g/mol. The Morgan fingerprint density at radius 3 is 2.63 bits per heavy atom. The van der Waals surface area contributed by atoms with Gasteiger partial charge in [0.15, 0.2) is 0 Å². The van der Waals surface area contributed by atoms with Crippen molar-refractivity contribution < 1.29 is 39.1 Å². The van der Waals surface area contributed by atoms with Crippen LogP contribution in [-0.4, -0.2) is 71.0 Å². The molecule has 1 heterocycles. The van der Waals surface area contributed by atoms with Crippen LogP contribution in [0, 0.1) is 11.8 Å². The molecule has 0 aromatic carbocycles. The molecule has 0 bridgehead atoms. The van der Waals surface area contributed by atoms with Crippen molar-refractivity contribution in [2.45, 2.75) is 70.4 Å². The van der Waals surface area contributed by atoms with Gasteiger partial charge in [0.05, 0.1) is 30.8 Å². The fraction of sp³-hybridized carbons (Fsp3) is 0.727. The molecule has 8 nitrogen and oxygen atoms in total. The number of carbonyl (C=O) groups excluding carboxylic acids is 2. The normalized spacial score (nSPS) is 32.6. The molecule has 0 amide bonds. The van der Waals surface area contributed by atoms with Crippen molar-refractivity contribution in [3.8, 4) is 0 Å². The Labute approximate surface area is 177 Å². The minimum atomic E-state index is -0.876. The summed E-state index contributed by atoms with van der Waals surface area (Å²) in [7, 11) is 0. The first-order valence-corrected chi connectivity index (χ1v) is 10.4. The molecule has 1 saturated heterocycles. The summed E-state index contributed by atoms with van der Waals surface area (Å²) >= 11 is 0. The monoisotopic (exact) mass is 426 g/mol. The van der Waals surface area contributed by atoms with Gasteiger partial charge >= 0.3 is 11.9 Å². The summed E-state index contributed by atoms with van der Waals surface area (Å²) in [6, 6.07) is 0. The van der Waals surface area contributed by atoms with Gasteiger partial charge in [-0.3, -0.25) is 9.59 Å². The van der Waals surface area contributed by atoms with Crippen molar-refractivity contribution in [2.24, 2.45) is 11.8 Å². The highest BCUT2D eigenvalue weighted by molar-refractivity contribution is 5.72. The molecule has 3 N–H and O–H groups in total. The second-order valence-corrected chi connectivity index (χ2v) is 8.41. The van der Waals surface area contributed by atoms with Gasteiger partial charge in [-0.05, 0) is 56.6 Å². The highest BCUT2D eigenvalue weighted by Gasteiger charge is 2.56. The largest absolute Gasteiger partial charge is 0.461 e. The zero-order valence-electron chi connectivity index (χ0n) is 18.0. The summed E-state index contributed by atoms with van der Waals surface area (Å²) < 4.78 is 16.2. The molecule has 6 atom stereocenters. The Morgan fingerprint density at radius 2 is 2.03 bits per heavy atom. The van der Waals surface area contributed by atoms with Crippen LogP contribution in [0.2, 0.25) is 0 Å². The Bertz CT molecular complexity index is 670. The summed E-state index contributed by atoms with van der Waals surface area (Å²) in [6.07, 6.45) is 1.95. The predicted molar refractivity (Wildman–Crippen MR) is 108 cm³/mol. The summed E-state index contributed by atoms with van der Waals surface area (Å²) in [5.41, 5.74) is 0.603. The Kier molecular flexibility index (Phi) is 8.61. The van der Waals surface area contributed by atoms with Gasteiger partial charge in [0.25, 0.3) is 0 Å². The summed E-state index contributed by atoms with van der Waals surface area (Å²) in [5.74, 6) is -1.82. The van der Waals surface area contributed by atoms with Crippen molar-refractivity contribution in [2.75, 3.05) is 19.8 Å². The van der Waals surface area contributed by atoms with Crippen LogP contribution in [-0.2, 0) is 23.8 Å². The lowest BCUT2D eigenvalue weighted by molar-refractivity contribution is -0.150.